The first-order valence-corrected chi connectivity index (χ1v) is 9.51. The van der Waals surface area contributed by atoms with Gasteiger partial charge in [-0.25, -0.2) is 0 Å². The van der Waals surface area contributed by atoms with Crippen molar-refractivity contribution in [2.75, 3.05) is 6.54 Å². The van der Waals surface area contributed by atoms with Crippen LogP contribution in [0.2, 0.25) is 0 Å². The van der Waals surface area contributed by atoms with Gasteiger partial charge in [0.15, 0.2) is 0 Å². The lowest BCUT2D eigenvalue weighted by Gasteiger charge is -2.34. The van der Waals surface area contributed by atoms with E-state index in [1.165, 1.54) is 35.1 Å². The van der Waals surface area contributed by atoms with Crippen LogP contribution in [0.4, 0.5) is 0 Å². The van der Waals surface area contributed by atoms with E-state index >= 15 is 0 Å². The van der Waals surface area contributed by atoms with Crippen molar-refractivity contribution in [2.45, 2.75) is 57.8 Å². The van der Waals surface area contributed by atoms with Gasteiger partial charge in [-0.05, 0) is 44.4 Å². The van der Waals surface area contributed by atoms with Crippen LogP contribution < -0.4 is 15.4 Å². The van der Waals surface area contributed by atoms with Gasteiger partial charge in [-0.1, -0.05) is 48.0 Å². The number of hydrogen-bond acceptors (Lipinski definition) is 3. The molecule has 0 aliphatic carbocycles. The second kappa shape index (κ2) is 7.19. The summed E-state index contributed by atoms with van der Waals surface area (Å²) in [5.41, 5.74) is 5.37. The van der Waals surface area contributed by atoms with E-state index in [2.05, 4.69) is 66.9 Å². The molecule has 0 aromatic heterocycles. The van der Waals surface area contributed by atoms with Gasteiger partial charge in [-0.3, -0.25) is 0 Å². The molecule has 2 aromatic carbocycles. The number of piperidine rings is 1. The van der Waals surface area contributed by atoms with E-state index in [0.717, 1.165) is 25.3 Å². The molecule has 2 aromatic rings. The zero-order chi connectivity index (χ0) is 17.2. The Kier molecular flexibility index (Phi) is 4.78. The minimum absolute atomic E-state index is 0.295. The summed E-state index contributed by atoms with van der Waals surface area (Å²) in [5.74, 6) is 1.12. The molecule has 0 radical (unpaired) electrons. The zero-order valence-corrected chi connectivity index (χ0v) is 15.2. The summed E-state index contributed by atoms with van der Waals surface area (Å²) < 4.78 is 6.09. The highest BCUT2D eigenvalue weighted by atomic mass is 16.5. The van der Waals surface area contributed by atoms with Crippen molar-refractivity contribution in [1.29, 1.82) is 0 Å². The lowest BCUT2D eigenvalue weighted by Crippen LogP contribution is -2.45. The highest BCUT2D eigenvalue weighted by Crippen LogP contribution is 2.34. The number of aryl methyl sites for hydroxylation is 1. The first kappa shape index (κ1) is 16.6. The average Bonchev–Trinajstić information content (AvgIpc) is 3.00. The van der Waals surface area contributed by atoms with Crippen LogP contribution in [0.15, 0.2) is 42.5 Å². The molecule has 4 rings (SSSR count). The highest BCUT2D eigenvalue weighted by molar-refractivity contribution is 5.47. The van der Waals surface area contributed by atoms with Crippen LogP contribution in [-0.2, 0) is 13.0 Å². The second-order valence-corrected chi connectivity index (χ2v) is 7.52. The van der Waals surface area contributed by atoms with E-state index in [1.807, 2.05) is 0 Å². The molecule has 2 N–H and O–H groups in total. The van der Waals surface area contributed by atoms with Crippen molar-refractivity contribution in [2.24, 2.45) is 0 Å². The zero-order valence-electron chi connectivity index (χ0n) is 15.2. The van der Waals surface area contributed by atoms with Crippen molar-refractivity contribution in [3.8, 4) is 5.75 Å². The topological polar surface area (TPSA) is 33.3 Å². The van der Waals surface area contributed by atoms with Crippen LogP contribution >= 0.6 is 0 Å². The normalized spacial score (nSPS) is 25.4. The quantitative estimate of drug-likeness (QED) is 0.888. The molecular weight excluding hydrogens is 308 g/mol. The predicted octanol–water partition coefficient (Wildman–Crippen LogP) is 3.90. The molecule has 2 aliphatic heterocycles. The molecule has 3 nitrogen and oxygen atoms in total. The van der Waals surface area contributed by atoms with E-state index in [0.29, 0.717) is 18.2 Å². The largest absolute Gasteiger partial charge is 0.490 e. The van der Waals surface area contributed by atoms with Gasteiger partial charge < -0.3 is 15.4 Å². The van der Waals surface area contributed by atoms with Gasteiger partial charge in [0.25, 0.3) is 0 Å². The van der Waals surface area contributed by atoms with Crippen molar-refractivity contribution >= 4 is 0 Å². The number of hydrogen-bond donors (Lipinski definition) is 2. The molecule has 1 fully saturated rings. The van der Waals surface area contributed by atoms with Crippen molar-refractivity contribution in [3.05, 3.63) is 64.7 Å². The molecule has 25 heavy (non-hydrogen) atoms. The van der Waals surface area contributed by atoms with Gasteiger partial charge in [0.1, 0.15) is 11.9 Å². The summed E-state index contributed by atoms with van der Waals surface area (Å²) in [5, 5.41) is 7.51. The van der Waals surface area contributed by atoms with Crippen LogP contribution in [0, 0.1) is 6.92 Å². The molecule has 0 bridgehead atoms. The molecule has 0 amide bonds. The molecule has 2 heterocycles. The van der Waals surface area contributed by atoms with Gasteiger partial charge in [-0.15, -0.1) is 0 Å². The highest BCUT2D eigenvalue weighted by Gasteiger charge is 2.27. The van der Waals surface area contributed by atoms with E-state index in [9.17, 15) is 0 Å². The summed E-state index contributed by atoms with van der Waals surface area (Å²) in [6, 6.07) is 16.2. The first-order valence-electron chi connectivity index (χ1n) is 9.51. The Balaban J connectivity index is 1.51. The standard InChI is InChI=1S/C22H28N2O/c1-15-11-18-13-16(2)25-22(18)19(12-15)14-24-20-9-6-10-23-21(20)17-7-4-3-5-8-17/h3-5,7-8,11-12,16,20-21,23-24H,6,9-10,13-14H2,1-2H3/t16?,20-,21-/m0/s1. The number of benzene rings is 2. The van der Waals surface area contributed by atoms with E-state index in [1.54, 1.807) is 0 Å². The fourth-order valence-corrected chi connectivity index (χ4v) is 4.28. The third-order valence-electron chi connectivity index (χ3n) is 5.39. The van der Waals surface area contributed by atoms with Crippen molar-refractivity contribution < 1.29 is 4.74 Å². The maximum atomic E-state index is 6.09. The third kappa shape index (κ3) is 3.58. The number of fused-ring (bicyclic) bond motifs is 1. The monoisotopic (exact) mass is 336 g/mol. The van der Waals surface area contributed by atoms with Crippen molar-refractivity contribution in [3.63, 3.8) is 0 Å². The minimum atomic E-state index is 0.295. The Labute approximate surface area is 150 Å². The Bertz CT molecular complexity index is 728. The molecule has 0 spiro atoms. The Morgan fingerprint density at radius 3 is 2.88 bits per heavy atom. The molecule has 1 unspecified atom stereocenters. The summed E-state index contributed by atoms with van der Waals surface area (Å²) in [6.07, 6.45) is 3.75. The maximum Gasteiger partial charge on any atom is 0.127 e. The van der Waals surface area contributed by atoms with E-state index in [-0.39, 0.29) is 0 Å². The van der Waals surface area contributed by atoms with Crippen LogP contribution in [0.5, 0.6) is 5.75 Å². The molecule has 0 saturated carbocycles. The summed E-state index contributed by atoms with van der Waals surface area (Å²) in [4.78, 5) is 0. The Morgan fingerprint density at radius 2 is 2.04 bits per heavy atom. The molecule has 3 atom stereocenters. The van der Waals surface area contributed by atoms with Crippen LogP contribution in [0.1, 0.15) is 48.1 Å². The number of nitrogens with one attached hydrogen (secondary N) is 2. The molecular formula is C22H28N2O. The summed E-state index contributed by atoms with van der Waals surface area (Å²) in [7, 11) is 0. The second-order valence-electron chi connectivity index (χ2n) is 7.52. The van der Waals surface area contributed by atoms with Crippen LogP contribution in [0.25, 0.3) is 0 Å². The number of rotatable bonds is 4. The lowest BCUT2D eigenvalue weighted by molar-refractivity contribution is 0.250. The Hall–Kier alpha value is -1.84. The van der Waals surface area contributed by atoms with Crippen LogP contribution in [0.3, 0.4) is 0 Å². The molecule has 2 aliphatic rings. The van der Waals surface area contributed by atoms with Gasteiger partial charge in [-0.2, -0.15) is 0 Å². The summed E-state index contributed by atoms with van der Waals surface area (Å²) >= 11 is 0. The van der Waals surface area contributed by atoms with Gasteiger partial charge in [0.2, 0.25) is 0 Å². The van der Waals surface area contributed by atoms with E-state index in [4.69, 9.17) is 4.74 Å². The van der Waals surface area contributed by atoms with Gasteiger partial charge >= 0.3 is 0 Å². The lowest BCUT2D eigenvalue weighted by atomic mass is 9.92. The fraction of sp³-hybridized carbons (Fsp3) is 0.455. The van der Waals surface area contributed by atoms with Crippen molar-refractivity contribution in [1.82, 2.24) is 10.6 Å². The van der Waals surface area contributed by atoms with Gasteiger partial charge in [0.05, 0.1) is 0 Å². The molecule has 132 valence electrons. The third-order valence-corrected chi connectivity index (χ3v) is 5.39. The average molecular weight is 336 g/mol. The number of ether oxygens (including phenoxy) is 1. The first-order chi connectivity index (χ1) is 12.2. The molecule has 1 saturated heterocycles. The maximum absolute atomic E-state index is 6.09. The minimum Gasteiger partial charge on any atom is -0.490 e. The fourth-order valence-electron chi connectivity index (χ4n) is 4.28. The molecule has 3 heteroatoms. The summed E-state index contributed by atoms with van der Waals surface area (Å²) in [6.45, 7) is 6.30. The van der Waals surface area contributed by atoms with Crippen LogP contribution in [-0.4, -0.2) is 18.7 Å². The SMILES string of the molecule is Cc1cc(CN[C@H]2CCCN[C@H]2c2ccccc2)c2c(c1)CC(C)O2. The van der Waals surface area contributed by atoms with Gasteiger partial charge in [0, 0.05) is 30.6 Å². The predicted molar refractivity (Wildman–Crippen MR) is 102 cm³/mol. The Morgan fingerprint density at radius 1 is 1.20 bits per heavy atom. The van der Waals surface area contributed by atoms with E-state index < -0.39 is 0 Å². The smallest absolute Gasteiger partial charge is 0.127 e.